The molecule has 2 amide bonds. The maximum Gasteiger partial charge on any atom is 0.255 e. The van der Waals surface area contributed by atoms with Gasteiger partial charge in [-0.05, 0) is 55.8 Å². The number of hydrogen-bond acceptors (Lipinski definition) is 6. The van der Waals surface area contributed by atoms with Crippen molar-refractivity contribution in [2.24, 2.45) is 0 Å². The van der Waals surface area contributed by atoms with Gasteiger partial charge in [0.15, 0.2) is 5.13 Å². The highest BCUT2D eigenvalue weighted by Crippen LogP contribution is 2.32. The maximum atomic E-state index is 12.8. The number of hydrogen-bond donors (Lipinski definition) is 2. The summed E-state index contributed by atoms with van der Waals surface area (Å²) in [6.45, 7) is 3.75. The van der Waals surface area contributed by atoms with Crippen LogP contribution in [0.25, 0.3) is 11.3 Å². The van der Waals surface area contributed by atoms with Gasteiger partial charge in [0.2, 0.25) is 5.91 Å². The molecule has 6 nitrogen and oxygen atoms in total. The van der Waals surface area contributed by atoms with Crippen LogP contribution in [0, 0.1) is 6.92 Å². The number of amides is 2. The number of carbonyl (C=O) groups excluding carboxylic acids is 2. The van der Waals surface area contributed by atoms with Crippen LogP contribution >= 0.6 is 23.1 Å². The van der Waals surface area contributed by atoms with E-state index < -0.39 is 0 Å². The molecule has 0 bridgehead atoms. The number of benzene rings is 3. The summed E-state index contributed by atoms with van der Waals surface area (Å²) in [6, 6.07) is 22.6. The summed E-state index contributed by atoms with van der Waals surface area (Å²) in [5.74, 6) is 0.421. The summed E-state index contributed by atoms with van der Waals surface area (Å²) in [4.78, 5) is 30.9. The van der Waals surface area contributed by atoms with E-state index in [9.17, 15) is 9.59 Å². The molecular weight excluding hydrogens is 478 g/mol. The number of anilines is 2. The second-order valence-electron chi connectivity index (χ2n) is 7.78. The van der Waals surface area contributed by atoms with Crippen LogP contribution in [0.4, 0.5) is 10.8 Å². The molecule has 1 atom stereocenters. The van der Waals surface area contributed by atoms with Crippen LogP contribution in [0.5, 0.6) is 5.75 Å². The average Bonchev–Trinajstić information content (AvgIpc) is 3.32. The quantitative estimate of drug-likeness (QED) is 0.268. The van der Waals surface area contributed by atoms with Crippen molar-refractivity contribution >= 4 is 45.7 Å². The Labute approximate surface area is 212 Å². The van der Waals surface area contributed by atoms with Gasteiger partial charge in [0.25, 0.3) is 5.91 Å². The SMILES string of the molecule is COc1ccccc1-c1csc(NC(=O)C(C)Sc2cccc(NC(=O)c3ccccc3C)c2)n1. The highest BCUT2D eigenvalue weighted by molar-refractivity contribution is 8.00. The molecule has 0 aliphatic rings. The van der Waals surface area contributed by atoms with Crippen LogP contribution < -0.4 is 15.4 Å². The Kier molecular flexibility index (Phi) is 7.84. The zero-order valence-electron chi connectivity index (χ0n) is 19.6. The molecule has 0 saturated carbocycles. The van der Waals surface area contributed by atoms with Crippen LogP contribution in [0.2, 0.25) is 0 Å². The molecule has 1 aromatic heterocycles. The van der Waals surface area contributed by atoms with E-state index in [1.165, 1.54) is 23.1 Å². The number of aryl methyl sites for hydroxylation is 1. The Hall–Kier alpha value is -3.62. The molecule has 0 spiro atoms. The van der Waals surface area contributed by atoms with E-state index in [2.05, 4.69) is 15.6 Å². The molecule has 0 fully saturated rings. The third-order valence-corrected chi connectivity index (χ3v) is 7.13. The summed E-state index contributed by atoms with van der Waals surface area (Å²) in [6.07, 6.45) is 0. The fraction of sp³-hybridized carbons (Fsp3) is 0.148. The Morgan fingerprint density at radius 3 is 2.57 bits per heavy atom. The van der Waals surface area contributed by atoms with Crippen LogP contribution in [-0.2, 0) is 4.79 Å². The molecule has 3 aromatic carbocycles. The second kappa shape index (κ2) is 11.2. The van der Waals surface area contributed by atoms with E-state index in [-0.39, 0.29) is 17.1 Å². The van der Waals surface area contributed by atoms with Gasteiger partial charge in [-0.15, -0.1) is 23.1 Å². The first kappa shape index (κ1) is 24.5. The molecule has 1 heterocycles. The lowest BCUT2D eigenvalue weighted by atomic mass is 10.1. The summed E-state index contributed by atoms with van der Waals surface area (Å²) in [5.41, 5.74) is 3.85. The van der Waals surface area contributed by atoms with Gasteiger partial charge in [-0.2, -0.15) is 0 Å². The topological polar surface area (TPSA) is 80.3 Å². The summed E-state index contributed by atoms with van der Waals surface area (Å²) >= 11 is 2.78. The molecule has 178 valence electrons. The van der Waals surface area contributed by atoms with Gasteiger partial charge in [0.05, 0.1) is 18.1 Å². The third kappa shape index (κ3) is 6.09. The van der Waals surface area contributed by atoms with Crippen molar-refractivity contribution in [2.75, 3.05) is 17.7 Å². The van der Waals surface area contributed by atoms with Crippen molar-refractivity contribution < 1.29 is 14.3 Å². The number of ether oxygens (including phenoxy) is 1. The number of methoxy groups -OCH3 is 1. The van der Waals surface area contributed by atoms with Gasteiger partial charge in [0.1, 0.15) is 5.75 Å². The van der Waals surface area contributed by atoms with E-state index >= 15 is 0 Å². The number of carbonyl (C=O) groups is 2. The molecule has 1 unspecified atom stereocenters. The number of aromatic nitrogens is 1. The Bertz CT molecular complexity index is 1350. The monoisotopic (exact) mass is 503 g/mol. The van der Waals surface area contributed by atoms with Crippen molar-refractivity contribution in [3.05, 3.63) is 89.3 Å². The molecule has 4 aromatic rings. The van der Waals surface area contributed by atoms with Crippen molar-refractivity contribution in [2.45, 2.75) is 24.0 Å². The van der Waals surface area contributed by atoms with E-state index in [4.69, 9.17) is 4.74 Å². The molecule has 8 heteroatoms. The van der Waals surface area contributed by atoms with Crippen LogP contribution in [0.15, 0.2) is 83.1 Å². The van der Waals surface area contributed by atoms with E-state index in [0.29, 0.717) is 16.4 Å². The molecule has 4 rings (SSSR count). The van der Waals surface area contributed by atoms with Crippen LogP contribution in [-0.4, -0.2) is 29.2 Å². The number of thioether (sulfide) groups is 1. The van der Waals surface area contributed by atoms with Gasteiger partial charge in [-0.25, -0.2) is 4.98 Å². The number of rotatable bonds is 8. The fourth-order valence-electron chi connectivity index (χ4n) is 3.45. The van der Waals surface area contributed by atoms with Crippen molar-refractivity contribution in [1.29, 1.82) is 0 Å². The van der Waals surface area contributed by atoms with E-state index in [1.807, 2.05) is 86.0 Å². The highest BCUT2D eigenvalue weighted by Gasteiger charge is 2.18. The molecule has 35 heavy (non-hydrogen) atoms. The zero-order valence-corrected chi connectivity index (χ0v) is 21.2. The smallest absolute Gasteiger partial charge is 0.255 e. The molecule has 2 N–H and O–H groups in total. The standard InChI is InChI=1S/C27H25N3O3S2/c1-17-9-4-5-12-21(17)26(32)28-19-10-8-11-20(15-19)35-18(2)25(31)30-27-29-23(16-34-27)22-13-6-7-14-24(22)33-3/h4-16,18H,1-3H3,(H,28,32)(H,29,30,31). The Morgan fingerprint density at radius 2 is 1.77 bits per heavy atom. The van der Waals surface area contributed by atoms with Gasteiger partial charge in [-0.1, -0.05) is 36.4 Å². The highest BCUT2D eigenvalue weighted by atomic mass is 32.2. The number of nitrogens with zero attached hydrogens (tertiary/aromatic N) is 1. The Balaban J connectivity index is 1.38. The first-order valence-corrected chi connectivity index (χ1v) is 12.7. The predicted octanol–water partition coefficient (Wildman–Crippen LogP) is 6.50. The number of para-hydroxylation sites is 1. The first-order chi connectivity index (χ1) is 16.9. The average molecular weight is 504 g/mol. The number of thiazole rings is 1. The van der Waals surface area contributed by atoms with Gasteiger partial charge in [-0.3, -0.25) is 9.59 Å². The van der Waals surface area contributed by atoms with Crippen LogP contribution in [0.1, 0.15) is 22.8 Å². The molecule has 0 saturated heterocycles. The second-order valence-corrected chi connectivity index (χ2v) is 10.1. The maximum absolute atomic E-state index is 12.8. The number of nitrogens with one attached hydrogen (secondary N) is 2. The lowest BCUT2D eigenvalue weighted by Gasteiger charge is -2.12. The molecule has 0 radical (unpaired) electrons. The van der Waals surface area contributed by atoms with Crippen LogP contribution in [0.3, 0.4) is 0 Å². The zero-order chi connectivity index (χ0) is 24.8. The minimum Gasteiger partial charge on any atom is -0.496 e. The summed E-state index contributed by atoms with van der Waals surface area (Å²) in [7, 11) is 1.62. The van der Waals surface area contributed by atoms with E-state index in [0.717, 1.165) is 27.5 Å². The Morgan fingerprint density at radius 1 is 1.00 bits per heavy atom. The third-order valence-electron chi connectivity index (χ3n) is 5.28. The molecular formula is C27H25N3O3S2. The fourth-order valence-corrected chi connectivity index (χ4v) is 5.09. The molecule has 0 aliphatic heterocycles. The summed E-state index contributed by atoms with van der Waals surface area (Å²) in [5, 5.41) is 7.90. The molecule has 0 aliphatic carbocycles. The first-order valence-electron chi connectivity index (χ1n) is 11.0. The minimum absolute atomic E-state index is 0.148. The normalized spacial score (nSPS) is 11.5. The lowest BCUT2D eigenvalue weighted by molar-refractivity contribution is -0.115. The van der Waals surface area contributed by atoms with Crippen molar-refractivity contribution in [1.82, 2.24) is 4.98 Å². The lowest BCUT2D eigenvalue weighted by Crippen LogP contribution is -2.22. The van der Waals surface area contributed by atoms with Gasteiger partial charge in [0, 0.05) is 27.1 Å². The summed E-state index contributed by atoms with van der Waals surface area (Å²) < 4.78 is 5.41. The van der Waals surface area contributed by atoms with E-state index in [1.54, 1.807) is 13.2 Å². The van der Waals surface area contributed by atoms with Crippen molar-refractivity contribution in [3.8, 4) is 17.0 Å². The van der Waals surface area contributed by atoms with Gasteiger partial charge < -0.3 is 15.4 Å². The van der Waals surface area contributed by atoms with Gasteiger partial charge >= 0.3 is 0 Å². The largest absolute Gasteiger partial charge is 0.496 e. The minimum atomic E-state index is -0.365. The van der Waals surface area contributed by atoms with Crippen molar-refractivity contribution in [3.63, 3.8) is 0 Å². The predicted molar refractivity (Wildman–Crippen MR) is 144 cm³/mol.